The molecule has 1 aliphatic heterocycles. The molecular formula is C21H23FN6O6S. The first-order valence-corrected chi connectivity index (χ1v) is 12.3. The van der Waals surface area contributed by atoms with Crippen LogP contribution in [0.1, 0.15) is 26.2 Å². The van der Waals surface area contributed by atoms with Crippen molar-refractivity contribution in [1.82, 2.24) is 29.4 Å². The molecule has 1 saturated heterocycles. The van der Waals surface area contributed by atoms with Gasteiger partial charge in [-0.2, -0.15) is 10.1 Å². The van der Waals surface area contributed by atoms with Crippen LogP contribution in [0.5, 0.6) is 5.88 Å². The van der Waals surface area contributed by atoms with Crippen molar-refractivity contribution in [2.75, 3.05) is 13.1 Å². The third kappa shape index (κ3) is 4.87. The minimum Gasteiger partial charge on any atom is -0.473 e. The van der Waals surface area contributed by atoms with Gasteiger partial charge in [-0.05, 0) is 18.2 Å². The fraction of sp³-hybridized carbons (Fsp3) is 0.381. The number of benzene rings is 1. The van der Waals surface area contributed by atoms with Crippen LogP contribution in [0.3, 0.4) is 0 Å². The summed E-state index contributed by atoms with van der Waals surface area (Å²) in [7, 11) is -2.60. The average molecular weight is 507 g/mol. The Labute approximate surface area is 199 Å². The number of likely N-dealkylation sites (tertiary alicyclic amines) is 1. The first-order valence-electron chi connectivity index (χ1n) is 10.8. The average Bonchev–Trinajstić information content (AvgIpc) is 3.16. The number of halogens is 1. The summed E-state index contributed by atoms with van der Waals surface area (Å²) in [4.78, 5) is 31.9. The van der Waals surface area contributed by atoms with Gasteiger partial charge in [-0.25, -0.2) is 27.3 Å². The van der Waals surface area contributed by atoms with Crippen LogP contribution in [0.15, 0.2) is 29.4 Å². The molecule has 0 saturated carbocycles. The summed E-state index contributed by atoms with van der Waals surface area (Å²) >= 11 is 0. The molecule has 1 aliphatic rings. The van der Waals surface area contributed by atoms with Crippen LogP contribution < -0.4 is 9.46 Å². The zero-order chi connectivity index (χ0) is 25.3. The second-order valence-corrected chi connectivity index (χ2v) is 9.64. The number of aromatic nitrogens is 4. The van der Waals surface area contributed by atoms with Gasteiger partial charge in [-0.1, -0.05) is 6.92 Å². The number of piperidine rings is 1. The number of aryl methyl sites for hydroxylation is 1. The van der Waals surface area contributed by atoms with Gasteiger partial charge >= 0.3 is 6.09 Å². The first-order chi connectivity index (χ1) is 16.6. The summed E-state index contributed by atoms with van der Waals surface area (Å²) < 4.78 is 49.0. The lowest BCUT2D eigenvalue weighted by molar-refractivity contribution is -0.119. The number of rotatable bonds is 6. The quantitative estimate of drug-likeness (QED) is 0.510. The van der Waals surface area contributed by atoms with Gasteiger partial charge in [0.2, 0.25) is 11.8 Å². The van der Waals surface area contributed by atoms with E-state index in [2.05, 4.69) is 15.1 Å². The minimum absolute atomic E-state index is 0.00999. The van der Waals surface area contributed by atoms with Crippen LogP contribution in [-0.2, 0) is 21.9 Å². The number of carboxylic acid groups (broad SMARTS) is 1. The summed E-state index contributed by atoms with van der Waals surface area (Å²) in [6, 6.07) is 3.25. The van der Waals surface area contributed by atoms with E-state index in [1.165, 1.54) is 35.0 Å². The number of nitrogens with zero attached hydrogens (tertiary/aromatic N) is 5. The highest BCUT2D eigenvalue weighted by Gasteiger charge is 2.27. The lowest BCUT2D eigenvalue weighted by Crippen LogP contribution is -2.41. The second-order valence-electron chi connectivity index (χ2n) is 7.96. The number of ether oxygens (including phenoxy) is 1. The number of hydrogen-bond acceptors (Lipinski definition) is 8. The van der Waals surface area contributed by atoms with E-state index in [9.17, 15) is 18.0 Å². The van der Waals surface area contributed by atoms with Gasteiger partial charge < -0.3 is 14.7 Å². The molecule has 12 nitrogen and oxygen atoms in total. The molecule has 0 bridgehead atoms. The highest BCUT2D eigenvalue weighted by atomic mass is 32.2. The number of amides is 2. The van der Waals surface area contributed by atoms with E-state index in [1.807, 2.05) is 4.72 Å². The Morgan fingerprint density at radius 3 is 2.60 bits per heavy atom. The SMILES string of the molecule is CCC(=O)NS(=O)(=O)c1ccc(-c2nn(C)c3c(OC4CCN(C(=O)O)CC4)ncnc23)c(F)c1. The smallest absolute Gasteiger partial charge is 0.407 e. The molecule has 35 heavy (non-hydrogen) atoms. The van der Waals surface area contributed by atoms with Crippen molar-refractivity contribution in [1.29, 1.82) is 0 Å². The third-order valence-electron chi connectivity index (χ3n) is 5.65. The Balaban J connectivity index is 1.64. The van der Waals surface area contributed by atoms with Crippen molar-refractivity contribution in [3.05, 3.63) is 30.3 Å². The number of carbonyl (C=O) groups excluding carboxylic acids is 1. The van der Waals surface area contributed by atoms with Gasteiger partial charge in [0.05, 0.1) is 4.90 Å². The largest absolute Gasteiger partial charge is 0.473 e. The Hall–Kier alpha value is -3.81. The summed E-state index contributed by atoms with van der Waals surface area (Å²) in [5.41, 5.74) is 0.883. The predicted molar refractivity (Wildman–Crippen MR) is 121 cm³/mol. The maximum atomic E-state index is 15.0. The molecule has 14 heteroatoms. The van der Waals surface area contributed by atoms with Crippen molar-refractivity contribution in [2.24, 2.45) is 7.05 Å². The van der Waals surface area contributed by atoms with Crippen LogP contribution in [0.2, 0.25) is 0 Å². The lowest BCUT2D eigenvalue weighted by Gasteiger charge is -2.29. The van der Waals surface area contributed by atoms with Crippen LogP contribution in [0, 0.1) is 5.82 Å². The van der Waals surface area contributed by atoms with Crippen molar-refractivity contribution in [2.45, 2.75) is 37.2 Å². The van der Waals surface area contributed by atoms with Crippen LogP contribution in [-0.4, -0.2) is 69.4 Å². The van der Waals surface area contributed by atoms with Crippen LogP contribution >= 0.6 is 0 Å². The molecule has 2 amide bonds. The molecule has 0 spiro atoms. The van der Waals surface area contributed by atoms with Gasteiger partial charge in [-0.15, -0.1) is 0 Å². The number of nitrogens with one attached hydrogen (secondary N) is 1. The first kappa shape index (κ1) is 24.3. The van der Waals surface area contributed by atoms with E-state index < -0.39 is 32.7 Å². The summed E-state index contributed by atoms with van der Waals surface area (Å²) in [6.45, 7) is 2.17. The molecular weight excluding hydrogens is 483 g/mol. The van der Waals surface area contributed by atoms with Crippen molar-refractivity contribution in [3.63, 3.8) is 0 Å². The molecule has 4 rings (SSSR count). The summed E-state index contributed by atoms with van der Waals surface area (Å²) in [5, 5.41) is 13.5. The Morgan fingerprint density at radius 2 is 1.97 bits per heavy atom. The zero-order valence-electron chi connectivity index (χ0n) is 18.9. The van der Waals surface area contributed by atoms with Crippen LogP contribution in [0.4, 0.5) is 9.18 Å². The number of fused-ring (bicyclic) bond motifs is 1. The summed E-state index contributed by atoms with van der Waals surface area (Å²) in [5.74, 6) is -1.34. The number of hydrogen-bond donors (Lipinski definition) is 2. The highest BCUT2D eigenvalue weighted by Crippen LogP contribution is 2.33. The number of sulfonamides is 1. The van der Waals surface area contributed by atoms with Crippen molar-refractivity contribution >= 4 is 33.1 Å². The van der Waals surface area contributed by atoms with E-state index in [4.69, 9.17) is 9.84 Å². The minimum atomic E-state index is -4.21. The standard InChI is InChI=1S/C21H23FN6O6S/c1-3-16(29)26-35(32,33)13-4-5-14(15(22)10-13)17-18-19(27(2)25-17)20(24-11-23-18)34-12-6-8-28(9-7-12)21(30)31/h4-5,10-12H,3,6-9H2,1-2H3,(H,26,29)(H,30,31). The van der Waals surface area contributed by atoms with Crippen molar-refractivity contribution < 1.29 is 32.2 Å². The molecule has 1 aromatic carbocycles. The van der Waals surface area contributed by atoms with E-state index in [0.717, 1.165) is 6.07 Å². The molecule has 2 N–H and O–H groups in total. The van der Waals surface area contributed by atoms with Crippen LogP contribution in [0.25, 0.3) is 22.3 Å². The second kappa shape index (κ2) is 9.44. The Bertz CT molecular complexity index is 1400. The highest BCUT2D eigenvalue weighted by molar-refractivity contribution is 7.90. The van der Waals surface area contributed by atoms with Gasteiger partial charge in [0.25, 0.3) is 10.0 Å². The summed E-state index contributed by atoms with van der Waals surface area (Å²) in [6.07, 6.45) is 0.956. The molecule has 3 heterocycles. The normalized spacial score (nSPS) is 14.8. The Morgan fingerprint density at radius 1 is 1.26 bits per heavy atom. The molecule has 186 valence electrons. The van der Waals surface area contributed by atoms with E-state index in [1.54, 1.807) is 7.05 Å². The van der Waals surface area contributed by atoms with E-state index >= 15 is 4.39 Å². The monoisotopic (exact) mass is 506 g/mol. The fourth-order valence-electron chi connectivity index (χ4n) is 3.80. The van der Waals surface area contributed by atoms with E-state index in [-0.39, 0.29) is 29.7 Å². The van der Waals surface area contributed by atoms with Gasteiger partial charge in [-0.3, -0.25) is 9.48 Å². The molecule has 1 fully saturated rings. The molecule has 0 radical (unpaired) electrons. The number of carbonyl (C=O) groups is 2. The van der Waals surface area contributed by atoms with Gasteiger partial charge in [0, 0.05) is 45.0 Å². The fourth-order valence-corrected chi connectivity index (χ4v) is 4.87. The molecule has 0 aliphatic carbocycles. The lowest BCUT2D eigenvalue weighted by atomic mass is 10.1. The van der Waals surface area contributed by atoms with E-state index in [0.29, 0.717) is 37.0 Å². The zero-order valence-corrected chi connectivity index (χ0v) is 19.7. The van der Waals surface area contributed by atoms with Gasteiger partial charge in [0.15, 0.2) is 0 Å². The predicted octanol–water partition coefficient (Wildman–Crippen LogP) is 1.91. The topological polar surface area (TPSA) is 157 Å². The Kier molecular flexibility index (Phi) is 6.56. The van der Waals surface area contributed by atoms with Crippen molar-refractivity contribution in [3.8, 4) is 17.1 Å². The molecule has 2 aromatic heterocycles. The molecule has 0 atom stereocenters. The maximum absolute atomic E-state index is 15.0. The third-order valence-corrected chi connectivity index (χ3v) is 7.02. The maximum Gasteiger partial charge on any atom is 0.407 e. The van der Waals surface area contributed by atoms with Gasteiger partial charge in [0.1, 0.15) is 35.0 Å². The molecule has 3 aromatic rings. The molecule has 0 unspecified atom stereocenters.